The van der Waals surface area contributed by atoms with Crippen LogP contribution < -0.4 is 4.90 Å². The number of ether oxygens (including phenoxy) is 1. The maximum atomic E-state index is 13.8. The second-order valence-corrected chi connectivity index (χ2v) is 3.51. The third-order valence-corrected chi connectivity index (χ3v) is 2.51. The molecular weight excluding hydrogens is 213 g/mol. The fourth-order valence-electron chi connectivity index (χ4n) is 1.67. The summed E-state index contributed by atoms with van der Waals surface area (Å²) in [6.45, 7) is 0.333. The molecule has 0 saturated carbocycles. The van der Waals surface area contributed by atoms with Gasteiger partial charge in [0.05, 0.1) is 18.9 Å². The van der Waals surface area contributed by atoms with Crippen molar-refractivity contribution in [2.24, 2.45) is 0 Å². The molecule has 5 heteroatoms. The SMILES string of the molecule is O=C1COCCN1c1cccc(CO)c1F. The lowest BCUT2D eigenvalue weighted by molar-refractivity contribution is -0.125. The molecule has 0 aromatic heterocycles. The van der Waals surface area contributed by atoms with Gasteiger partial charge >= 0.3 is 0 Å². The fraction of sp³-hybridized carbons (Fsp3) is 0.364. The summed E-state index contributed by atoms with van der Waals surface area (Å²) in [6, 6.07) is 4.63. The first-order valence-corrected chi connectivity index (χ1v) is 5.00. The predicted molar refractivity (Wildman–Crippen MR) is 55.5 cm³/mol. The van der Waals surface area contributed by atoms with E-state index in [0.29, 0.717) is 13.2 Å². The first-order chi connectivity index (χ1) is 7.74. The number of hydrogen-bond donors (Lipinski definition) is 1. The molecule has 1 fully saturated rings. The average Bonchev–Trinajstić information content (AvgIpc) is 2.31. The van der Waals surface area contributed by atoms with Crippen LogP contribution in [0.2, 0.25) is 0 Å². The normalized spacial score (nSPS) is 16.6. The number of aliphatic hydroxyl groups is 1. The minimum Gasteiger partial charge on any atom is -0.392 e. The highest BCUT2D eigenvalue weighted by atomic mass is 19.1. The number of benzene rings is 1. The van der Waals surface area contributed by atoms with E-state index in [0.717, 1.165) is 0 Å². The van der Waals surface area contributed by atoms with Crippen LogP contribution in [0.1, 0.15) is 5.56 Å². The maximum absolute atomic E-state index is 13.8. The summed E-state index contributed by atoms with van der Waals surface area (Å²) in [5, 5.41) is 8.94. The molecule has 0 atom stereocenters. The van der Waals surface area contributed by atoms with Crippen molar-refractivity contribution >= 4 is 11.6 Å². The molecule has 1 aromatic rings. The quantitative estimate of drug-likeness (QED) is 0.805. The van der Waals surface area contributed by atoms with Gasteiger partial charge < -0.3 is 14.7 Å². The van der Waals surface area contributed by atoms with Crippen molar-refractivity contribution < 1.29 is 19.0 Å². The third-order valence-electron chi connectivity index (χ3n) is 2.51. The van der Waals surface area contributed by atoms with E-state index in [4.69, 9.17) is 9.84 Å². The van der Waals surface area contributed by atoms with Gasteiger partial charge in [0.15, 0.2) is 5.82 Å². The van der Waals surface area contributed by atoms with Gasteiger partial charge in [-0.05, 0) is 6.07 Å². The Labute approximate surface area is 92.2 Å². The van der Waals surface area contributed by atoms with E-state index < -0.39 is 5.82 Å². The number of carbonyl (C=O) groups is 1. The number of halogens is 1. The summed E-state index contributed by atoms with van der Waals surface area (Å²) >= 11 is 0. The van der Waals surface area contributed by atoms with Gasteiger partial charge in [-0.3, -0.25) is 4.79 Å². The number of hydrogen-bond acceptors (Lipinski definition) is 3. The van der Waals surface area contributed by atoms with Crippen molar-refractivity contribution in [3.05, 3.63) is 29.6 Å². The molecule has 1 heterocycles. The van der Waals surface area contributed by atoms with E-state index in [1.54, 1.807) is 6.07 Å². The van der Waals surface area contributed by atoms with Crippen molar-refractivity contribution in [2.75, 3.05) is 24.7 Å². The zero-order chi connectivity index (χ0) is 11.5. The molecule has 1 amide bonds. The summed E-state index contributed by atoms with van der Waals surface area (Å²) in [5.41, 5.74) is 0.400. The average molecular weight is 225 g/mol. The van der Waals surface area contributed by atoms with Crippen LogP contribution in [0.3, 0.4) is 0 Å². The Morgan fingerprint density at radius 1 is 1.50 bits per heavy atom. The Bertz CT molecular complexity index is 408. The molecule has 4 nitrogen and oxygen atoms in total. The van der Waals surface area contributed by atoms with Crippen molar-refractivity contribution in [1.29, 1.82) is 0 Å². The van der Waals surface area contributed by atoms with Gasteiger partial charge in [0.1, 0.15) is 6.61 Å². The first kappa shape index (κ1) is 11.0. The maximum Gasteiger partial charge on any atom is 0.253 e. The molecule has 86 valence electrons. The molecule has 0 spiro atoms. The van der Waals surface area contributed by atoms with Crippen LogP contribution in [0.5, 0.6) is 0 Å². The van der Waals surface area contributed by atoms with E-state index in [9.17, 15) is 9.18 Å². The third kappa shape index (κ3) is 1.91. The number of morpholine rings is 1. The minimum absolute atomic E-state index is 0.0250. The Hall–Kier alpha value is -1.46. The highest BCUT2D eigenvalue weighted by molar-refractivity contribution is 5.95. The lowest BCUT2D eigenvalue weighted by Gasteiger charge is -2.27. The second kappa shape index (κ2) is 4.59. The highest BCUT2D eigenvalue weighted by Crippen LogP contribution is 2.23. The van der Waals surface area contributed by atoms with Crippen LogP contribution in [-0.2, 0) is 16.1 Å². The number of carbonyl (C=O) groups excluding carboxylic acids is 1. The molecule has 2 rings (SSSR count). The van der Waals surface area contributed by atoms with Gasteiger partial charge in [-0.1, -0.05) is 12.1 Å². The summed E-state index contributed by atoms with van der Waals surface area (Å²) in [5.74, 6) is -0.805. The molecule has 0 bridgehead atoms. The van der Waals surface area contributed by atoms with Crippen molar-refractivity contribution in [2.45, 2.75) is 6.61 Å². The highest BCUT2D eigenvalue weighted by Gasteiger charge is 2.23. The van der Waals surface area contributed by atoms with Gasteiger partial charge in [0.2, 0.25) is 0 Å². The second-order valence-electron chi connectivity index (χ2n) is 3.51. The molecule has 1 aliphatic rings. The largest absolute Gasteiger partial charge is 0.392 e. The first-order valence-electron chi connectivity index (χ1n) is 5.00. The lowest BCUT2D eigenvalue weighted by atomic mass is 10.1. The standard InChI is InChI=1S/C11H12FNO3/c12-11-8(6-14)2-1-3-9(11)13-4-5-16-7-10(13)15/h1-3,14H,4-7H2. The molecule has 1 aromatic carbocycles. The zero-order valence-electron chi connectivity index (χ0n) is 8.65. The van der Waals surface area contributed by atoms with Crippen molar-refractivity contribution in [1.82, 2.24) is 0 Å². The van der Waals surface area contributed by atoms with Crippen LogP contribution in [0.4, 0.5) is 10.1 Å². The number of anilines is 1. The Morgan fingerprint density at radius 3 is 3.00 bits per heavy atom. The van der Waals surface area contributed by atoms with E-state index in [-0.39, 0.29) is 30.4 Å². The molecule has 1 saturated heterocycles. The number of aliphatic hydroxyl groups excluding tert-OH is 1. The van der Waals surface area contributed by atoms with Crippen LogP contribution in [0.25, 0.3) is 0 Å². The Morgan fingerprint density at radius 2 is 2.31 bits per heavy atom. The van der Waals surface area contributed by atoms with E-state index >= 15 is 0 Å². The zero-order valence-corrected chi connectivity index (χ0v) is 8.65. The predicted octanol–water partition coefficient (Wildman–Crippen LogP) is 0.681. The molecule has 1 aliphatic heterocycles. The van der Waals surface area contributed by atoms with Gasteiger partial charge in [-0.2, -0.15) is 0 Å². The molecule has 0 radical (unpaired) electrons. The summed E-state index contributed by atoms with van der Waals surface area (Å²) in [6.07, 6.45) is 0. The monoisotopic (exact) mass is 225 g/mol. The van der Waals surface area contributed by atoms with Gasteiger partial charge in [-0.25, -0.2) is 4.39 Å². The van der Waals surface area contributed by atoms with Gasteiger partial charge in [-0.15, -0.1) is 0 Å². The van der Waals surface area contributed by atoms with Crippen LogP contribution in [0, 0.1) is 5.82 Å². The smallest absolute Gasteiger partial charge is 0.253 e. The Kier molecular flexibility index (Phi) is 3.17. The topological polar surface area (TPSA) is 49.8 Å². The molecular formula is C11H12FNO3. The lowest BCUT2D eigenvalue weighted by Crippen LogP contribution is -2.42. The van der Waals surface area contributed by atoms with Crippen molar-refractivity contribution in [3.8, 4) is 0 Å². The summed E-state index contributed by atoms with van der Waals surface area (Å²) < 4.78 is 18.8. The fourth-order valence-corrected chi connectivity index (χ4v) is 1.67. The van der Waals surface area contributed by atoms with E-state index in [2.05, 4.69) is 0 Å². The molecule has 16 heavy (non-hydrogen) atoms. The van der Waals surface area contributed by atoms with E-state index in [1.165, 1.54) is 17.0 Å². The Balaban J connectivity index is 2.35. The minimum atomic E-state index is -0.541. The summed E-state index contributed by atoms with van der Waals surface area (Å²) in [4.78, 5) is 12.9. The van der Waals surface area contributed by atoms with Crippen LogP contribution in [0.15, 0.2) is 18.2 Å². The van der Waals surface area contributed by atoms with Gasteiger partial charge in [0.25, 0.3) is 5.91 Å². The number of amides is 1. The van der Waals surface area contributed by atoms with Crippen molar-refractivity contribution in [3.63, 3.8) is 0 Å². The molecule has 0 unspecified atom stereocenters. The van der Waals surface area contributed by atoms with Crippen LogP contribution in [-0.4, -0.2) is 30.8 Å². The number of nitrogens with zero attached hydrogens (tertiary/aromatic N) is 1. The van der Waals surface area contributed by atoms with E-state index in [1.807, 2.05) is 0 Å². The summed E-state index contributed by atoms with van der Waals surface area (Å²) in [7, 11) is 0. The molecule has 1 N–H and O–H groups in total. The number of rotatable bonds is 2. The van der Waals surface area contributed by atoms with Crippen LogP contribution >= 0.6 is 0 Å². The molecule has 0 aliphatic carbocycles. The van der Waals surface area contributed by atoms with Gasteiger partial charge in [0, 0.05) is 12.1 Å².